The zero-order valence-corrected chi connectivity index (χ0v) is 15.3. The summed E-state index contributed by atoms with van der Waals surface area (Å²) in [6, 6.07) is 26.6. The molecule has 0 bridgehead atoms. The number of carbonyl (C=O) groups is 2. The van der Waals surface area contributed by atoms with Crippen LogP contribution in [0.2, 0.25) is 0 Å². The van der Waals surface area contributed by atoms with Crippen molar-refractivity contribution in [1.29, 1.82) is 0 Å². The van der Waals surface area contributed by atoms with Gasteiger partial charge in [0.1, 0.15) is 0 Å². The van der Waals surface area contributed by atoms with Crippen LogP contribution in [0.5, 0.6) is 0 Å². The SMILES string of the molecule is O=C(Nc1ccccc1-c1ccccc1)N[C@H]1CC(=O)N(c2ccccc2)C1. The molecule has 0 unspecified atom stereocenters. The highest BCUT2D eigenvalue weighted by Crippen LogP contribution is 2.27. The molecule has 2 N–H and O–H groups in total. The third-order valence-electron chi connectivity index (χ3n) is 4.79. The Morgan fingerprint density at radius 1 is 0.857 bits per heavy atom. The van der Waals surface area contributed by atoms with Gasteiger partial charge in [-0.25, -0.2) is 4.79 Å². The van der Waals surface area contributed by atoms with Crippen molar-refractivity contribution in [2.75, 3.05) is 16.8 Å². The normalized spacial score (nSPS) is 16.1. The largest absolute Gasteiger partial charge is 0.333 e. The molecule has 3 aromatic carbocycles. The van der Waals surface area contributed by atoms with Crippen molar-refractivity contribution in [3.05, 3.63) is 84.9 Å². The molecule has 0 aromatic heterocycles. The molecule has 1 atom stereocenters. The van der Waals surface area contributed by atoms with E-state index >= 15 is 0 Å². The first-order valence-electron chi connectivity index (χ1n) is 9.28. The highest BCUT2D eigenvalue weighted by atomic mass is 16.2. The second-order valence-corrected chi connectivity index (χ2v) is 6.75. The van der Waals surface area contributed by atoms with E-state index in [0.29, 0.717) is 13.0 Å². The summed E-state index contributed by atoms with van der Waals surface area (Å²) in [6.07, 6.45) is 0.294. The van der Waals surface area contributed by atoms with Crippen LogP contribution in [-0.4, -0.2) is 24.5 Å². The van der Waals surface area contributed by atoms with Gasteiger partial charge in [-0.2, -0.15) is 0 Å². The topological polar surface area (TPSA) is 61.4 Å². The van der Waals surface area contributed by atoms with Crippen LogP contribution in [0.4, 0.5) is 16.2 Å². The number of anilines is 2. The van der Waals surface area contributed by atoms with Crippen LogP contribution in [0.1, 0.15) is 6.42 Å². The molecule has 1 fully saturated rings. The summed E-state index contributed by atoms with van der Waals surface area (Å²) >= 11 is 0. The highest BCUT2D eigenvalue weighted by Gasteiger charge is 2.31. The van der Waals surface area contributed by atoms with Gasteiger partial charge in [0.2, 0.25) is 5.91 Å². The van der Waals surface area contributed by atoms with E-state index in [1.165, 1.54) is 0 Å². The van der Waals surface area contributed by atoms with E-state index in [9.17, 15) is 9.59 Å². The quantitative estimate of drug-likeness (QED) is 0.719. The number of benzene rings is 3. The molecule has 3 aromatic rings. The van der Waals surface area contributed by atoms with Gasteiger partial charge < -0.3 is 15.5 Å². The Labute approximate surface area is 164 Å². The molecule has 1 saturated heterocycles. The van der Waals surface area contributed by atoms with Crippen molar-refractivity contribution in [3.63, 3.8) is 0 Å². The molecule has 4 rings (SSSR count). The number of carbonyl (C=O) groups excluding carboxylic acids is 2. The lowest BCUT2D eigenvalue weighted by molar-refractivity contribution is -0.117. The van der Waals surface area contributed by atoms with Crippen molar-refractivity contribution in [1.82, 2.24) is 5.32 Å². The number of para-hydroxylation sites is 2. The fourth-order valence-corrected chi connectivity index (χ4v) is 3.47. The zero-order chi connectivity index (χ0) is 19.3. The Hall–Kier alpha value is -3.60. The van der Waals surface area contributed by atoms with Gasteiger partial charge in [-0.3, -0.25) is 4.79 Å². The summed E-state index contributed by atoms with van der Waals surface area (Å²) in [5.74, 6) is 0.0150. The first-order chi connectivity index (χ1) is 13.7. The van der Waals surface area contributed by atoms with Crippen LogP contribution in [0.25, 0.3) is 11.1 Å². The van der Waals surface area contributed by atoms with Crippen molar-refractivity contribution < 1.29 is 9.59 Å². The molecule has 0 saturated carbocycles. The fraction of sp³-hybridized carbons (Fsp3) is 0.130. The molecule has 0 radical (unpaired) electrons. The molecular weight excluding hydrogens is 350 g/mol. The maximum Gasteiger partial charge on any atom is 0.319 e. The van der Waals surface area contributed by atoms with E-state index in [-0.39, 0.29) is 18.0 Å². The Bertz CT molecular complexity index is 973. The van der Waals surface area contributed by atoms with E-state index in [0.717, 1.165) is 22.5 Å². The summed E-state index contributed by atoms with van der Waals surface area (Å²) in [5, 5.41) is 5.85. The number of rotatable bonds is 4. The molecule has 3 amide bonds. The summed E-state index contributed by atoms with van der Waals surface area (Å²) in [6.45, 7) is 0.469. The Morgan fingerprint density at radius 3 is 2.25 bits per heavy atom. The molecule has 28 heavy (non-hydrogen) atoms. The van der Waals surface area contributed by atoms with Crippen molar-refractivity contribution in [2.24, 2.45) is 0 Å². The predicted molar refractivity (Wildman–Crippen MR) is 111 cm³/mol. The van der Waals surface area contributed by atoms with Gasteiger partial charge in [0.25, 0.3) is 0 Å². The molecule has 1 aliphatic heterocycles. The van der Waals surface area contributed by atoms with Gasteiger partial charge in [-0.05, 0) is 23.8 Å². The van der Waals surface area contributed by atoms with Crippen LogP contribution in [0, 0.1) is 0 Å². The molecular formula is C23H21N3O2. The Morgan fingerprint density at radius 2 is 1.50 bits per heavy atom. The third kappa shape index (κ3) is 3.88. The number of nitrogens with one attached hydrogen (secondary N) is 2. The molecule has 0 spiro atoms. The average Bonchev–Trinajstić information content (AvgIpc) is 3.09. The van der Waals surface area contributed by atoms with Crippen LogP contribution >= 0.6 is 0 Å². The minimum Gasteiger partial charge on any atom is -0.333 e. The predicted octanol–water partition coefficient (Wildman–Crippen LogP) is 4.28. The first kappa shape index (κ1) is 17.8. The molecule has 140 valence electrons. The minimum atomic E-state index is -0.309. The lowest BCUT2D eigenvalue weighted by atomic mass is 10.0. The highest BCUT2D eigenvalue weighted by molar-refractivity contribution is 5.98. The smallest absolute Gasteiger partial charge is 0.319 e. The fourth-order valence-electron chi connectivity index (χ4n) is 3.47. The van der Waals surface area contributed by atoms with E-state index in [1.807, 2.05) is 84.9 Å². The number of amides is 3. The first-order valence-corrected chi connectivity index (χ1v) is 9.28. The van der Waals surface area contributed by atoms with Gasteiger partial charge in [0, 0.05) is 24.2 Å². The Balaban J connectivity index is 1.43. The van der Waals surface area contributed by atoms with Gasteiger partial charge in [0.15, 0.2) is 0 Å². The van der Waals surface area contributed by atoms with Crippen molar-refractivity contribution in [3.8, 4) is 11.1 Å². The minimum absolute atomic E-state index is 0.0150. The van der Waals surface area contributed by atoms with Crippen LogP contribution < -0.4 is 15.5 Å². The van der Waals surface area contributed by atoms with Crippen LogP contribution in [0.15, 0.2) is 84.9 Å². The Kier molecular flexibility index (Phi) is 5.06. The number of hydrogen-bond donors (Lipinski definition) is 2. The van der Waals surface area contributed by atoms with Gasteiger partial charge in [0.05, 0.1) is 11.7 Å². The molecule has 1 heterocycles. The average molecular weight is 371 g/mol. The lowest BCUT2D eigenvalue weighted by Gasteiger charge is -2.18. The van der Waals surface area contributed by atoms with Gasteiger partial charge in [-0.1, -0.05) is 66.7 Å². The van der Waals surface area contributed by atoms with E-state index in [2.05, 4.69) is 10.6 Å². The molecule has 5 nitrogen and oxygen atoms in total. The third-order valence-corrected chi connectivity index (χ3v) is 4.79. The van der Waals surface area contributed by atoms with Crippen molar-refractivity contribution >= 4 is 23.3 Å². The molecule has 5 heteroatoms. The monoisotopic (exact) mass is 371 g/mol. The molecule has 1 aliphatic rings. The lowest BCUT2D eigenvalue weighted by Crippen LogP contribution is -2.39. The van der Waals surface area contributed by atoms with Crippen LogP contribution in [-0.2, 0) is 4.79 Å². The van der Waals surface area contributed by atoms with Crippen molar-refractivity contribution in [2.45, 2.75) is 12.5 Å². The van der Waals surface area contributed by atoms with E-state index in [1.54, 1.807) is 4.90 Å². The zero-order valence-electron chi connectivity index (χ0n) is 15.3. The second kappa shape index (κ2) is 7.96. The maximum atomic E-state index is 12.5. The number of hydrogen-bond acceptors (Lipinski definition) is 2. The summed E-state index contributed by atoms with van der Waals surface area (Å²) in [7, 11) is 0. The van der Waals surface area contributed by atoms with Crippen LogP contribution in [0.3, 0.4) is 0 Å². The molecule has 0 aliphatic carbocycles. The summed E-state index contributed by atoms with van der Waals surface area (Å²) in [5.41, 5.74) is 3.57. The maximum absolute atomic E-state index is 12.5. The second-order valence-electron chi connectivity index (χ2n) is 6.75. The summed E-state index contributed by atoms with van der Waals surface area (Å²) in [4.78, 5) is 26.6. The number of urea groups is 1. The summed E-state index contributed by atoms with van der Waals surface area (Å²) < 4.78 is 0. The van der Waals surface area contributed by atoms with Gasteiger partial charge in [-0.15, -0.1) is 0 Å². The van der Waals surface area contributed by atoms with Gasteiger partial charge >= 0.3 is 6.03 Å². The number of nitrogens with zero attached hydrogens (tertiary/aromatic N) is 1. The standard InChI is InChI=1S/C23H21N3O2/c27-22-15-18(16-26(22)19-11-5-2-6-12-19)24-23(28)25-21-14-8-7-13-20(21)17-9-3-1-4-10-17/h1-14,18H,15-16H2,(H2,24,25,28)/t18-/m0/s1. The van der Waals surface area contributed by atoms with E-state index in [4.69, 9.17) is 0 Å². The van der Waals surface area contributed by atoms with E-state index < -0.39 is 0 Å².